The molecule has 0 aliphatic carbocycles. The van der Waals surface area contributed by atoms with E-state index in [9.17, 15) is 4.79 Å². The molecule has 4 nitrogen and oxygen atoms in total. The lowest BCUT2D eigenvalue weighted by atomic mass is 10.0. The van der Waals surface area contributed by atoms with E-state index in [-0.39, 0.29) is 5.91 Å². The Morgan fingerprint density at radius 3 is 2.43 bits per heavy atom. The number of carbonyl (C=O) groups excluding carboxylic acids is 1. The molecule has 1 heterocycles. The Hall–Kier alpha value is -0.970. The fraction of sp³-hybridized carbons (Fsp3) is 0.750. The highest BCUT2D eigenvalue weighted by Crippen LogP contribution is 2.20. The lowest BCUT2D eigenvalue weighted by Crippen LogP contribution is -2.36. The van der Waals surface area contributed by atoms with E-state index in [4.69, 9.17) is 4.52 Å². The predicted octanol–water partition coefficient (Wildman–Crippen LogP) is 3.81. The summed E-state index contributed by atoms with van der Waals surface area (Å²) in [7, 11) is 0. The van der Waals surface area contributed by atoms with Crippen molar-refractivity contribution in [3.63, 3.8) is 0 Å². The number of amides is 1. The van der Waals surface area contributed by atoms with Crippen LogP contribution in [0.4, 0.5) is 0 Å². The average Bonchev–Trinajstić information content (AvgIpc) is 2.80. The topological polar surface area (TPSA) is 46.3 Å². The SMILES string of the molecule is CCC(CC)CN(CC)C(=O)CSCc1c(C)noc1C. The van der Waals surface area contributed by atoms with E-state index >= 15 is 0 Å². The molecule has 0 spiro atoms. The van der Waals surface area contributed by atoms with Gasteiger partial charge in [-0.2, -0.15) is 0 Å². The highest BCUT2D eigenvalue weighted by Gasteiger charge is 2.16. The van der Waals surface area contributed by atoms with Gasteiger partial charge in [-0.3, -0.25) is 4.79 Å². The normalized spacial score (nSPS) is 11.1. The zero-order valence-corrected chi connectivity index (χ0v) is 14.8. The van der Waals surface area contributed by atoms with E-state index in [0.29, 0.717) is 11.7 Å². The van der Waals surface area contributed by atoms with Crippen LogP contribution < -0.4 is 0 Å². The summed E-state index contributed by atoms with van der Waals surface area (Å²) in [5.74, 6) is 3.02. The van der Waals surface area contributed by atoms with Crippen LogP contribution in [0.3, 0.4) is 0 Å². The van der Waals surface area contributed by atoms with E-state index in [1.54, 1.807) is 11.8 Å². The van der Waals surface area contributed by atoms with Gasteiger partial charge in [0.2, 0.25) is 5.91 Å². The summed E-state index contributed by atoms with van der Waals surface area (Å²) in [6, 6.07) is 0. The standard InChI is InChI=1S/C16H28N2O2S/c1-6-14(7-2)9-18(8-3)16(19)11-21-10-15-12(4)17-20-13(15)5/h14H,6-11H2,1-5H3. The van der Waals surface area contributed by atoms with Crippen LogP contribution in [-0.4, -0.2) is 34.8 Å². The summed E-state index contributed by atoms with van der Waals surface area (Å²) >= 11 is 1.64. The molecule has 0 bridgehead atoms. The number of aromatic nitrogens is 1. The van der Waals surface area contributed by atoms with E-state index in [1.807, 2.05) is 18.7 Å². The smallest absolute Gasteiger partial charge is 0.232 e. The summed E-state index contributed by atoms with van der Waals surface area (Å²) in [6.45, 7) is 12.0. The zero-order valence-electron chi connectivity index (χ0n) is 13.9. The molecule has 0 saturated carbocycles. The number of hydrogen-bond donors (Lipinski definition) is 0. The van der Waals surface area contributed by atoms with Crippen molar-refractivity contribution >= 4 is 17.7 Å². The Kier molecular flexibility index (Phi) is 7.86. The molecule has 0 aliphatic heterocycles. The van der Waals surface area contributed by atoms with Crippen LogP contribution in [0, 0.1) is 19.8 Å². The predicted molar refractivity (Wildman–Crippen MR) is 88.5 cm³/mol. The van der Waals surface area contributed by atoms with Gasteiger partial charge < -0.3 is 9.42 Å². The first-order chi connectivity index (χ1) is 10.0. The summed E-state index contributed by atoms with van der Waals surface area (Å²) in [5, 5.41) is 3.94. The van der Waals surface area contributed by atoms with Gasteiger partial charge in [0.05, 0.1) is 11.4 Å². The second-order valence-electron chi connectivity index (χ2n) is 5.41. The molecule has 0 atom stereocenters. The first kappa shape index (κ1) is 18.1. The van der Waals surface area contributed by atoms with E-state index in [2.05, 4.69) is 25.9 Å². The van der Waals surface area contributed by atoms with Crippen LogP contribution in [0.5, 0.6) is 0 Å². The van der Waals surface area contributed by atoms with Crippen LogP contribution >= 0.6 is 11.8 Å². The van der Waals surface area contributed by atoms with Crippen LogP contribution in [0.25, 0.3) is 0 Å². The lowest BCUT2D eigenvalue weighted by molar-refractivity contribution is -0.128. The molecule has 1 aromatic heterocycles. The van der Waals surface area contributed by atoms with Gasteiger partial charge in [-0.25, -0.2) is 0 Å². The first-order valence-corrected chi connectivity index (χ1v) is 8.96. The molecule has 0 aliphatic rings. The molecule has 21 heavy (non-hydrogen) atoms. The van der Waals surface area contributed by atoms with Gasteiger partial charge in [0.15, 0.2) is 0 Å². The van der Waals surface area contributed by atoms with Crippen LogP contribution in [-0.2, 0) is 10.5 Å². The summed E-state index contributed by atoms with van der Waals surface area (Å²) in [5.41, 5.74) is 2.05. The number of hydrogen-bond acceptors (Lipinski definition) is 4. The molecule has 1 rings (SSSR count). The Labute approximate surface area is 132 Å². The molecule has 0 saturated heterocycles. The molecule has 120 valence electrons. The molecule has 5 heteroatoms. The van der Waals surface area contributed by atoms with Gasteiger partial charge in [0.1, 0.15) is 5.76 Å². The van der Waals surface area contributed by atoms with Crippen LogP contribution in [0.1, 0.15) is 50.6 Å². The Morgan fingerprint density at radius 1 is 1.29 bits per heavy atom. The summed E-state index contributed by atoms with van der Waals surface area (Å²) in [6.07, 6.45) is 2.26. The molecule has 0 fully saturated rings. The van der Waals surface area contributed by atoms with E-state index in [1.165, 1.54) is 0 Å². The molecule has 0 aromatic carbocycles. The Balaban J connectivity index is 2.44. The number of thioether (sulfide) groups is 1. The van der Waals surface area contributed by atoms with Crippen molar-refractivity contribution in [1.29, 1.82) is 0 Å². The van der Waals surface area contributed by atoms with Crippen molar-refractivity contribution in [3.8, 4) is 0 Å². The maximum Gasteiger partial charge on any atom is 0.232 e. The van der Waals surface area contributed by atoms with E-state index in [0.717, 1.165) is 48.7 Å². The van der Waals surface area contributed by atoms with Gasteiger partial charge in [0.25, 0.3) is 0 Å². The number of rotatable bonds is 9. The second-order valence-corrected chi connectivity index (χ2v) is 6.40. The first-order valence-electron chi connectivity index (χ1n) is 7.80. The number of nitrogens with zero attached hydrogens (tertiary/aromatic N) is 2. The third-order valence-electron chi connectivity index (χ3n) is 4.02. The molecule has 0 N–H and O–H groups in total. The monoisotopic (exact) mass is 312 g/mol. The Bertz CT molecular complexity index is 422. The minimum Gasteiger partial charge on any atom is -0.361 e. The van der Waals surface area contributed by atoms with Crippen molar-refractivity contribution in [3.05, 3.63) is 17.0 Å². The number of aryl methyl sites for hydroxylation is 2. The molecular formula is C16H28N2O2S. The van der Waals surface area contributed by atoms with Crippen molar-refractivity contribution in [1.82, 2.24) is 10.1 Å². The maximum atomic E-state index is 12.3. The second kappa shape index (κ2) is 9.13. The van der Waals surface area contributed by atoms with Crippen LogP contribution in [0.15, 0.2) is 4.52 Å². The van der Waals surface area contributed by atoms with E-state index < -0.39 is 0 Å². The lowest BCUT2D eigenvalue weighted by Gasteiger charge is -2.25. The van der Waals surface area contributed by atoms with Crippen LogP contribution in [0.2, 0.25) is 0 Å². The minimum absolute atomic E-state index is 0.237. The molecule has 1 amide bonds. The Morgan fingerprint density at radius 2 is 1.95 bits per heavy atom. The number of carbonyl (C=O) groups is 1. The van der Waals surface area contributed by atoms with Gasteiger partial charge in [-0.05, 0) is 26.7 Å². The summed E-state index contributed by atoms with van der Waals surface area (Å²) < 4.78 is 5.14. The average molecular weight is 312 g/mol. The quantitative estimate of drug-likeness (QED) is 0.695. The molecule has 0 unspecified atom stereocenters. The van der Waals surface area contributed by atoms with Crippen molar-refractivity contribution < 1.29 is 9.32 Å². The summed E-state index contributed by atoms with van der Waals surface area (Å²) in [4.78, 5) is 14.3. The fourth-order valence-corrected chi connectivity index (χ4v) is 3.38. The van der Waals surface area contributed by atoms with Gasteiger partial charge in [-0.1, -0.05) is 31.8 Å². The van der Waals surface area contributed by atoms with Crippen molar-refractivity contribution in [2.24, 2.45) is 5.92 Å². The zero-order chi connectivity index (χ0) is 15.8. The maximum absolute atomic E-state index is 12.3. The largest absolute Gasteiger partial charge is 0.361 e. The van der Waals surface area contributed by atoms with Gasteiger partial charge in [0, 0.05) is 24.4 Å². The minimum atomic E-state index is 0.237. The highest BCUT2D eigenvalue weighted by atomic mass is 32.2. The van der Waals surface area contributed by atoms with Crippen molar-refractivity contribution in [2.75, 3.05) is 18.8 Å². The van der Waals surface area contributed by atoms with Gasteiger partial charge in [-0.15, -0.1) is 11.8 Å². The van der Waals surface area contributed by atoms with Gasteiger partial charge >= 0.3 is 0 Å². The fourth-order valence-electron chi connectivity index (χ4n) is 2.31. The molecule has 0 radical (unpaired) electrons. The molecular weight excluding hydrogens is 284 g/mol. The highest BCUT2D eigenvalue weighted by molar-refractivity contribution is 7.99. The van der Waals surface area contributed by atoms with Crippen molar-refractivity contribution in [2.45, 2.75) is 53.2 Å². The third-order valence-corrected chi connectivity index (χ3v) is 4.96. The third kappa shape index (κ3) is 5.38. The molecule has 1 aromatic rings.